The first-order valence-corrected chi connectivity index (χ1v) is 25.0. The van der Waals surface area contributed by atoms with E-state index in [0.717, 1.165) is 0 Å². The van der Waals surface area contributed by atoms with Crippen LogP contribution in [-0.2, 0) is 26.0 Å². The summed E-state index contributed by atoms with van der Waals surface area (Å²) in [6.45, 7) is 30.8. The molecule has 0 spiro atoms. The molecule has 0 aromatic rings. The summed E-state index contributed by atoms with van der Waals surface area (Å²) in [4.78, 5) is 11.7. The summed E-state index contributed by atoms with van der Waals surface area (Å²) >= 11 is 0. The van der Waals surface area contributed by atoms with E-state index in [1.807, 2.05) is 12.2 Å². The summed E-state index contributed by atoms with van der Waals surface area (Å²) < 4.78 is 32.0. The zero-order chi connectivity index (χ0) is 24.0. The van der Waals surface area contributed by atoms with Crippen molar-refractivity contribution in [3.63, 3.8) is 0 Å². The Balaban J connectivity index is 5.88. The van der Waals surface area contributed by atoms with E-state index in [1.54, 1.807) is 6.92 Å². The molecule has 0 saturated heterocycles. The topological polar surface area (TPSA) is 63.2 Å². The van der Waals surface area contributed by atoms with Crippen LogP contribution in [0.25, 0.3) is 0 Å². The second-order valence-corrected chi connectivity index (χ2v) is 30.9. The van der Waals surface area contributed by atoms with Crippen LogP contribution in [0, 0.1) is 0 Å². The van der Waals surface area contributed by atoms with E-state index in [1.165, 1.54) is 0 Å². The van der Waals surface area contributed by atoms with E-state index < -0.39 is 42.3 Å². The molecule has 0 aliphatic rings. The van der Waals surface area contributed by atoms with Crippen LogP contribution in [0.5, 0.6) is 0 Å². The summed E-state index contributed by atoms with van der Waals surface area (Å²) in [7, 11) is -11.7. The molecule has 1 unspecified atom stereocenters. The Kier molecular flexibility index (Phi) is 11.1. The van der Waals surface area contributed by atoms with Crippen molar-refractivity contribution >= 4 is 48.3 Å². The van der Waals surface area contributed by atoms with Gasteiger partial charge in [-0.2, -0.15) is 0 Å². The third kappa shape index (κ3) is 13.3. The zero-order valence-electron chi connectivity index (χ0n) is 21.1. The van der Waals surface area contributed by atoms with Crippen LogP contribution in [0.4, 0.5) is 0 Å². The molecule has 0 bridgehead atoms. The number of esters is 1. The first-order chi connectivity index (χ1) is 13.2. The smallest absolute Gasteiger partial charge is 0.462 e. The minimum Gasteiger partial charge on any atom is -0.462 e. The van der Waals surface area contributed by atoms with Gasteiger partial charge in [-0.3, -0.25) is 0 Å². The van der Waals surface area contributed by atoms with Crippen LogP contribution in [0.3, 0.4) is 0 Å². The molecule has 0 aromatic carbocycles. The van der Waals surface area contributed by atoms with Crippen molar-refractivity contribution in [2.45, 2.75) is 84.9 Å². The SMILES string of the molecule is C=C[Si](C)(O[Si](C)(C)C)O[Si](CCCOC(=O)C(=C)C)(O[Si](C)(C)C)O[Si](C)(C)C. The number of ether oxygens (including phenoxy) is 1. The minimum absolute atomic E-state index is 0.273. The third-order valence-corrected chi connectivity index (χ3v) is 19.4. The molecule has 0 saturated carbocycles. The lowest BCUT2D eigenvalue weighted by Crippen LogP contribution is -2.63. The average molecular weight is 509 g/mol. The maximum atomic E-state index is 11.7. The molecular weight excluding hydrogens is 465 g/mol. The van der Waals surface area contributed by atoms with Gasteiger partial charge in [-0.25, -0.2) is 4.79 Å². The molecule has 6 nitrogen and oxygen atoms in total. The first-order valence-electron chi connectivity index (χ1n) is 10.5. The van der Waals surface area contributed by atoms with Crippen LogP contribution in [0.1, 0.15) is 13.3 Å². The maximum Gasteiger partial charge on any atom is 0.471 e. The Morgan fingerprint density at radius 1 is 0.800 bits per heavy atom. The number of hydrogen-bond acceptors (Lipinski definition) is 6. The van der Waals surface area contributed by atoms with Gasteiger partial charge in [0.05, 0.1) is 6.61 Å². The molecular formula is C19H44O6Si5. The highest BCUT2D eigenvalue weighted by molar-refractivity contribution is 6.92. The molecule has 11 heteroatoms. The van der Waals surface area contributed by atoms with Crippen molar-refractivity contribution in [2.75, 3.05) is 6.61 Å². The Labute approximate surface area is 190 Å². The molecule has 0 fully saturated rings. The molecule has 0 radical (unpaired) electrons. The maximum absolute atomic E-state index is 11.7. The monoisotopic (exact) mass is 508 g/mol. The van der Waals surface area contributed by atoms with Gasteiger partial charge in [-0.15, -0.1) is 6.58 Å². The highest BCUT2D eigenvalue weighted by Crippen LogP contribution is 2.31. The molecule has 0 aromatic heterocycles. The van der Waals surface area contributed by atoms with Crippen molar-refractivity contribution in [1.82, 2.24) is 0 Å². The van der Waals surface area contributed by atoms with E-state index in [0.29, 0.717) is 18.0 Å². The summed E-state index contributed by atoms with van der Waals surface area (Å²) in [5.74, 6) is -0.382. The van der Waals surface area contributed by atoms with Crippen LogP contribution in [0.15, 0.2) is 24.4 Å². The van der Waals surface area contributed by atoms with Crippen LogP contribution >= 0.6 is 0 Å². The van der Waals surface area contributed by atoms with Crippen LogP contribution in [0.2, 0.25) is 71.5 Å². The average Bonchev–Trinajstić information content (AvgIpc) is 2.45. The zero-order valence-corrected chi connectivity index (χ0v) is 26.1. The Morgan fingerprint density at radius 2 is 1.23 bits per heavy atom. The fraction of sp³-hybridized carbons (Fsp3) is 0.737. The van der Waals surface area contributed by atoms with Crippen LogP contribution in [-0.4, -0.2) is 54.9 Å². The Hall–Kier alpha value is -0.126. The predicted octanol–water partition coefficient (Wildman–Crippen LogP) is 5.80. The van der Waals surface area contributed by atoms with Crippen molar-refractivity contribution in [3.8, 4) is 0 Å². The molecule has 176 valence electrons. The molecule has 30 heavy (non-hydrogen) atoms. The number of carbonyl (C=O) groups is 1. The van der Waals surface area contributed by atoms with Crippen LogP contribution < -0.4 is 0 Å². The second-order valence-electron chi connectivity index (χ2n) is 10.7. The highest BCUT2D eigenvalue weighted by Gasteiger charge is 2.52. The number of carbonyl (C=O) groups excluding carboxylic acids is 1. The van der Waals surface area contributed by atoms with E-state index in [9.17, 15) is 4.79 Å². The van der Waals surface area contributed by atoms with Gasteiger partial charge >= 0.3 is 23.3 Å². The molecule has 0 rings (SSSR count). The van der Waals surface area contributed by atoms with Crippen molar-refractivity contribution < 1.29 is 26.0 Å². The van der Waals surface area contributed by atoms with Gasteiger partial charge in [0.1, 0.15) is 0 Å². The van der Waals surface area contributed by atoms with E-state index in [4.69, 9.17) is 21.2 Å². The van der Waals surface area contributed by atoms with E-state index in [2.05, 4.69) is 72.1 Å². The normalized spacial score (nSPS) is 15.4. The third-order valence-electron chi connectivity index (χ3n) is 3.37. The van der Waals surface area contributed by atoms with Crippen molar-refractivity contribution in [3.05, 3.63) is 24.4 Å². The molecule has 0 amide bonds. The molecule has 1 atom stereocenters. The van der Waals surface area contributed by atoms with Gasteiger partial charge < -0.3 is 21.2 Å². The summed E-state index contributed by atoms with van der Waals surface area (Å²) in [6.07, 6.45) is 0.592. The minimum atomic E-state index is -3.12. The van der Waals surface area contributed by atoms with Gasteiger partial charge in [-0.1, -0.05) is 12.3 Å². The first kappa shape index (κ1) is 29.9. The van der Waals surface area contributed by atoms with Gasteiger partial charge in [0.15, 0.2) is 25.0 Å². The fourth-order valence-electron chi connectivity index (χ4n) is 2.75. The lowest BCUT2D eigenvalue weighted by molar-refractivity contribution is -0.139. The van der Waals surface area contributed by atoms with E-state index >= 15 is 0 Å². The number of hydrogen-bond donors (Lipinski definition) is 0. The largest absolute Gasteiger partial charge is 0.471 e. The molecule has 0 heterocycles. The van der Waals surface area contributed by atoms with Gasteiger partial charge in [0.25, 0.3) is 0 Å². The second kappa shape index (κ2) is 11.1. The van der Waals surface area contributed by atoms with Gasteiger partial charge in [0.2, 0.25) is 0 Å². The predicted molar refractivity (Wildman–Crippen MR) is 137 cm³/mol. The molecule has 0 aliphatic carbocycles. The highest BCUT2D eigenvalue weighted by atomic mass is 28.5. The number of rotatable bonds is 14. The van der Waals surface area contributed by atoms with Crippen molar-refractivity contribution in [2.24, 2.45) is 0 Å². The lowest BCUT2D eigenvalue weighted by atomic mass is 10.4. The van der Waals surface area contributed by atoms with E-state index in [-0.39, 0.29) is 12.6 Å². The molecule has 0 aliphatic heterocycles. The van der Waals surface area contributed by atoms with Gasteiger partial charge in [-0.05, 0) is 78.8 Å². The summed E-state index contributed by atoms with van der Waals surface area (Å²) in [6, 6.07) is 0.566. The Morgan fingerprint density at radius 3 is 1.57 bits per heavy atom. The summed E-state index contributed by atoms with van der Waals surface area (Å²) in [5, 5.41) is 0. The summed E-state index contributed by atoms with van der Waals surface area (Å²) in [5.41, 5.74) is 2.22. The standard InChI is InChI=1S/C19H44O6Si5/c1-14-29(13,22-26(4,5)6)25-30(23-27(7,8)9,24-28(10,11)12)17-15-16-21-19(20)18(2)3/h14H,1-2,15-17H2,3-13H3. The fourth-order valence-corrected chi connectivity index (χ4v) is 22.2. The van der Waals surface area contributed by atoms with Gasteiger partial charge in [0, 0.05) is 11.6 Å². The molecule has 0 N–H and O–H groups in total. The quantitative estimate of drug-likeness (QED) is 0.128. The lowest BCUT2D eigenvalue weighted by Gasteiger charge is -2.44. The Bertz CT molecular complexity index is 590. The van der Waals surface area contributed by atoms with Crippen molar-refractivity contribution in [1.29, 1.82) is 0 Å².